The van der Waals surface area contributed by atoms with Crippen molar-refractivity contribution in [1.82, 2.24) is 9.78 Å². The maximum Gasteiger partial charge on any atom is 0.277 e. The van der Waals surface area contributed by atoms with Crippen molar-refractivity contribution in [3.8, 4) is 0 Å². The SMILES string of the molecule is CC1(C)CC(S(=O)(=O)Cc2c(F)cccc2F)=NO1.Cc1c(C(=O)c2c[nH]n(C)c2=O)ccc(S(C)(=O)=O)c1C1=NOCC1. The van der Waals surface area contributed by atoms with Crippen molar-refractivity contribution in [3.05, 3.63) is 86.3 Å². The second kappa shape index (κ2) is 12.1. The van der Waals surface area contributed by atoms with Crippen LogP contribution < -0.4 is 5.56 Å². The Bertz CT molecular complexity index is 1960. The number of halogens is 2. The van der Waals surface area contributed by atoms with Gasteiger partial charge in [0.15, 0.2) is 30.5 Å². The molecule has 0 saturated carbocycles. The molecule has 0 unspecified atom stereocenters. The van der Waals surface area contributed by atoms with Crippen LogP contribution in [0.15, 0.2) is 56.5 Å². The normalized spacial score (nSPS) is 15.9. The lowest BCUT2D eigenvalue weighted by atomic mass is 9.93. The summed E-state index contributed by atoms with van der Waals surface area (Å²) in [6.07, 6.45) is 2.98. The first kappa shape index (κ1) is 32.7. The smallest absolute Gasteiger partial charge is 0.277 e. The quantitative estimate of drug-likeness (QED) is 0.397. The van der Waals surface area contributed by atoms with Gasteiger partial charge >= 0.3 is 0 Å². The van der Waals surface area contributed by atoms with E-state index in [9.17, 15) is 35.2 Å². The van der Waals surface area contributed by atoms with E-state index in [1.54, 1.807) is 20.8 Å². The molecule has 12 nitrogen and oxygen atoms in total. The number of benzene rings is 2. The molecule has 44 heavy (non-hydrogen) atoms. The number of hydrogen-bond donors (Lipinski definition) is 1. The van der Waals surface area contributed by atoms with Gasteiger partial charge in [-0.05, 0) is 50.6 Å². The van der Waals surface area contributed by atoms with Crippen LogP contribution in [0.3, 0.4) is 0 Å². The minimum absolute atomic E-state index is 0.00623. The zero-order valence-corrected chi connectivity index (χ0v) is 26.1. The summed E-state index contributed by atoms with van der Waals surface area (Å²) in [6, 6.07) is 6.03. The zero-order chi connectivity index (χ0) is 32.6. The molecule has 0 spiro atoms. The maximum absolute atomic E-state index is 13.4. The van der Waals surface area contributed by atoms with E-state index in [0.717, 1.165) is 18.4 Å². The maximum atomic E-state index is 13.4. The van der Waals surface area contributed by atoms with E-state index in [-0.39, 0.29) is 27.5 Å². The van der Waals surface area contributed by atoms with E-state index >= 15 is 0 Å². The second-order valence-corrected chi connectivity index (χ2v) is 14.8. The number of oxime groups is 2. The van der Waals surface area contributed by atoms with Gasteiger partial charge in [-0.3, -0.25) is 14.3 Å². The molecule has 5 rings (SSSR count). The number of H-pyrrole nitrogens is 1. The third-order valence-electron chi connectivity index (χ3n) is 6.87. The summed E-state index contributed by atoms with van der Waals surface area (Å²) in [7, 11) is -5.90. The number of aryl methyl sites for hydroxylation is 1. The van der Waals surface area contributed by atoms with E-state index in [2.05, 4.69) is 15.4 Å². The third-order valence-corrected chi connectivity index (χ3v) is 9.62. The van der Waals surface area contributed by atoms with Crippen LogP contribution in [0.1, 0.15) is 59.3 Å². The fourth-order valence-electron chi connectivity index (χ4n) is 4.57. The molecule has 0 amide bonds. The Hall–Kier alpha value is -4.18. The molecule has 0 aliphatic carbocycles. The van der Waals surface area contributed by atoms with Crippen LogP contribution in [0.4, 0.5) is 8.78 Å². The fraction of sp³-hybridized carbons (Fsp3) is 0.357. The average molecular weight is 653 g/mol. The van der Waals surface area contributed by atoms with Gasteiger partial charge in [-0.25, -0.2) is 25.6 Å². The predicted octanol–water partition coefficient (Wildman–Crippen LogP) is 3.17. The van der Waals surface area contributed by atoms with Crippen molar-refractivity contribution in [2.75, 3.05) is 12.9 Å². The summed E-state index contributed by atoms with van der Waals surface area (Å²) in [5, 5.41) is 9.88. The standard InChI is InChI=1S/C16H17N3O5S.C12H13F2NO3S/c1-9-10(15(20)11-8-17-19(2)16(11)21)4-5-13(25(3,22)23)14(9)12-6-7-24-18-12;1-12(2)6-11(15-18-12)19(16,17)7-8-9(13)4-3-5-10(8)14/h4-5,8,17H,6-7H2,1-3H3;3-5H,6-7H2,1-2H3. The van der Waals surface area contributed by atoms with Gasteiger partial charge in [0.1, 0.15) is 29.4 Å². The first-order valence-electron chi connectivity index (χ1n) is 13.2. The number of nitrogens with zero attached hydrogens (tertiary/aromatic N) is 3. The molecule has 1 N–H and O–H groups in total. The van der Waals surface area contributed by atoms with Crippen LogP contribution in [0.2, 0.25) is 0 Å². The van der Waals surface area contributed by atoms with E-state index < -0.39 is 59.6 Å². The summed E-state index contributed by atoms with van der Waals surface area (Å²) in [5.41, 5.74) is -0.0688. The number of carbonyl (C=O) groups excluding carboxylic acids is 1. The fourth-order valence-corrected chi connectivity index (χ4v) is 7.06. The summed E-state index contributed by atoms with van der Waals surface area (Å²) in [6.45, 7) is 5.37. The molecule has 2 aliphatic heterocycles. The molecule has 16 heteroatoms. The number of sulfone groups is 2. The molecule has 3 heterocycles. The first-order valence-corrected chi connectivity index (χ1v) is 16.7. The zero-order valence-electron chi connectivity index (χ0n) is 24.5. The highest BCUT2D eigenvalue weighted by Gasteiger charge is 2.36. The minimum Gasteiger partial charge on any atom is -0.395 e. The summed E-state index contributed by atoms with van der Waals surface area (Å²) in [4.78, 5) is 34.8. The van der Waals surface area contributed by atoms with Crippen molar-refractivity contribution < 1.29 is 40.1 Å². The monoisotopic (exact) mass is 652 g/mol. The van der Waals surface area contributed by atoms with Crippen LogP contribution in [-0.4, -0.2) is 61.6 Å². The molecule has 2 aliphatic rings. The molecule has 0 fully saturated rings. The van der Waals surface area contributed by atoms with Crippen molar-refractivity contribution >= 4 is 36.2 Å². The van der Waals surface area contributed by atoms with Gasteiger partial charge in [0.05, 0.1) is 16.4 Å². The molecule has 3 aromatic rings. The Balaban J connectivity index is 0.000000209. The largest absolute Gasteiger partial charge is 0.395 e. The van der Waals surface area contributed by atoms with Gasteiger partial charge in [0.25, 0.3) is 5.56 Å². The number of carbonyl (C=O) groups is 1. The van der Waals surface area contributed by atoms with E-state index in [1.165, 1.54) is 36.1 Å². The lowest BCUT2D eigenvalue weighted by Gasteiger charge is -2.13. The molecular weight excluding hydrogens is 622 g/mol. The summed E-state index contributed by atoms with van der Waals surface area (Å²) >= 11 is 0. The van der Waals surface area contributed by atoms with Crippen LogP contribution in [0.5, 0.6) is 0 Å². The molecule has 0 saturated heterocycles. The van der Waals surface area contributed by atoms with Gasteiger partial charge in [-0.15, -0.1) is 0 Å². The highest BCUT2D eigenvalue weighted by Crippen LogP contribution is 2.28. The van der Waals surface area contributed by atoms with Crippen LogP contribution >= 0.6 is 0 Å². The van der Waals surface area contributed by atoms with Crippen LogP contribution in [0.25, 0.3) is 0 Å². The van der Waals surface area contributed by atoms with E-state index in [0.29, 0.717) is 29.9 Å². The number of rotatable bonds is 6. The Labute approximate surface area is 252 Å². The Kier molecular flexibility index (Phi) is 8.98. The second-order valence-electron chi connectivity index (χ2n) is 10.9. The number of aromatic amines is 1. The topological polar surface area (TPSA) is 166 Å². The first-order chi connectivity index (χ1) is 20.4. The Morgan fingerprint density at radius 1 is 1.07 bits per heavy atom. The van der Waals surface area contributed by atoms with Crippen LogP contribution in [-0.2, 0) is 42.2 Å². The third kappa shape index (κ3) is 6.80. The lowest BCUT2D eigenvalue weighted by molar-refractivity contribution is 0.0123. The van der Waals surface area contributed by atoms with Gasteiger partial charge in [0.2, 0.25) is 0 Å². The van der Waals surface area contributed by atoms with Gasteiger partial charge in [-0.2, -0.15) is 0 Å². The van der Waals surface area contributed by atoms with Crippen molar-refractivity contribution in [2.24, 2.45) is 17.4 Å². The summed E-state index contributed by atoms with van der Waals surface area (Å²) < 4.78 is 76.5. The minimum atomic E-state index is -3.88. The number of hydrogen-bond acceptors (Lipinski definition) is 10. The van der Waals surface area contributed by atoms with Gasteiger partial charge in [0, 0.05) is 49.0 Å². The average Bonchev–Trinajstić information content (AvgIpc) is 3.67. The van der Waals surface area contributed by atoms with Gasteiger partial charge in [-0.1, -0.05) is 16.4 Å². The van der Waals surface area contributed by atoms with Gasteiger partial charge < -0.3 is 14.8 Å². The highest BCUT2D eigenvalue weighted by atomic mass is 32.2. The predicted molar refractivity (Wildman–Crippen MR) is 157 cm³/mol. The summed E-state index contributed by atoms with van der Waals surface area (Å²) in [5.74, 6) is -3.01. The number of ketones is 1. The Morgan fingerprint density at radius 2 is 1.73 bits per heavy atom. The molecule has 2 aromatic carbocycles. The number of nitrogens with one attached hydrogen (secondary N) is 1. The van der Waals surface area contributed by atoms with Crippen molar-refractivity contribution in [1.29, 1.82) is 0 Å². The lowest BCUT2D eigenvalue weighted by Crippen LogP contribution is -2.23. The van der Waals surface area contributed by atoms with E-state index in [1.807, 2.05) is 0 Å². The molecule has 1 aromatic heterocycles. The Morgan fingerprint density at radius 3 is 2.23 bits per heavy atom. The molecular formula is C28H30F2N4O8S2. The van der Waals surface area contributed by atoms with Crippen molar-refractivity contribution in [2.45, 2.75) is 49.9 Å². The van der Waals surface area contributed by atoms with E-state index in [4.69, 9.17) is 9.68 Å². The van der Waals surface area contributed by atoms with Crippen molar-refractivity contribution in [3.63, 3.8) is 0 Å². The molecule has 0 radical (unpaired) electrons. The molecule has 236 valence electrons. The molecule has 0 bridgehead atoms. The number of aromatic nitrogens is 2. The van der Waals surface area contributed by atoms with Crippen LogP contribution in [0, 0.1) is 18.6 Å². The highest BCUT2D eigenvalue weighted by molar-refractivity contribution is 8.05. The molecule has 0 atom stereocenters.